The van der Waals surface area contributed by atoms with Gasteiger partial charge in [-0.05, 0) is 53.4 Å². The normalized spacial score (nSPS) is 25.4. The topological polar surface area (TPSA) is 12.5 Å². The first kappa shape index (κ1) is 12.9. The minimum Gasteiger partial charge on any atom is -0.381 e. The molecular formula is C13H15BrFNOS. The Bertz CT molecular complexity index is 465. The monoisotopic (exact) mass is 331 g/mol. The minimum absolute atomic E-state index is 0.114. The van der Waals surface area contributed by atoms with Crippen LogP contribution in [0.1, 0.15) is 18.9 Å². The van der Waals surface area contributed by atoms with Crippen LogP contribution in [-0.2, 0) is 11.3 Å². The molecule has 2 heterocycles. The summed E-state index contributed by atoms with van der Waals surface area (Å²) >= 11 is 4.92. The van der Waals surface area contributed by atoms with Crippen molar-refractivity contribution in [1.29, 1.82) is 0 Å². The van der Waals surface area contributed by atoms with E-state index in [0.29, 0.717) is 23.0 Å². The number of halogens is 2. The third-order valence-electron chi connectivity index (χ3n) is 3.78. The predicted octanol–water partition coefficient (Wildman–Crippen LogP) is 3.84. The summed E-state index contributed by atoms with van der Waals surface area (Å²) in [6, 6.07) is 4.20. The van der Waals surface area contributed by atoms with E-state index >= 15 is 0 Å². The molecule has 1 aromatic rings. The Hall–Kier alpha value is -0.100. The summed E-state index contributed by atoms with van der Waals surface area (Å²) in [6.45, 7) is 4.59. The second-order valence-corrected chi connectivity index (χ2v) is 6.81. The first-order valence-corrected chi connectivity index (χ1v) is 7.72. The van der Waals surface area contributed by atoms with Crippen LogP contribution < -0.4 is 0 Å². The average molecular weight is 332 g/mol. The lowest BCUT2D eigenvalue weighted by Gasteiger charge is -2.26. The summed E-state index contributed by atoms with van der Waals surface area (Å²) in [6.07, 6.45) is 1.11. The van der Waals surface area contributed by atoms with Crippen LogP contribution in [-0.4, -0.2) is 23.6 Å². The molecule has 18 heavy (non-hydrogen) atoms. The highest BCUT2D eigenvalue weighted by atomic mass is 79.9. The van der Waals surface area contributed by atoms with Crippen molar-refractivity contribution in [2.45, 2.75) is 30.8 Å². The van der Waals surface area contributed by atoms with Crippen LogP contribution in [0.15, 0.2) is 21.5 Å². The highest BCUT2D eigenvalue weighted by Crippen LogP contribution is 2.42. The van der Waals surface area contributed by atoms with E-state index in [9.17, 15) is 4.39 Å². The van der Waals surface area contributed by atoms with Gasteiger partial charge in [-0.25, -0.2) is 8.70 Å². The quantitative estimate of drug-likeness (QED) is 0.764. The van der Waals surface area contributed by atoms with Gasteiger partial charge in [-0.1, -0.05) is 0 Å². The number of hydrogen-bond donors (Lipinski definition) is 0. The third kappa shape index (κ3) is 2.22. The summed E-state index contributed by atoms with van der Waals surface area (Å²) < 4.78 is 22.3. The molecule has 0 amide bonds. The van der Waals surface area contributed by atoms with E-state index in [2.05, 4.69) is 27.2 Å². The molecule has 2 nitrogen and oxygen atoms in total. The van der Waals surface area contributed by atoms with Gasteiger partial charge < -0.3 is 4.74 Å². The zero-order chi connectivity index (χ0) is 12.7. The van der Waals surface area contributed by atoms with Crippen molar-refractivity contribution in [1.82, 2.24) is 4.31 Å². The molecule has 98 valence electrons. The molecule has 0 bridgehead atoms. The zero-order valence-electron chi connectivity index (χ0n) is 10.2. The van der Waals surface area contributed by atoms with Gasteiger partial charge in [0.05, 0.1) is 11.1 Å². The van der Waals surface area contributed by atoms with Gasteiger partial charge in [0.2, 0.25) is 0 Å². The van der Waals surface area contributed by atoms with E-state index in [1.54, 1.807) is 18.0 Å². The van der Waals surface area contributed by atoms with Crippen molar-refractivity contribution in [2.24, 2.45) is 5.92 Å². The van der Waals surface area contributed by atoms with E-state index < -0.39 is 0 Å². The second kappa shape index (κ2) is 5.12. The van der Waals surface area contributed by atoms with Crippen LogP contribution in [0.25, 0.3) is 0 Å². The van der Waals surface area contributed by atoms with Gasteiger partial charge in [-0.3, -0.25) is 0 Å². The number of nitrogens with zero attached hydrogens (tertiary/aromatic N) is 1. The van der Waals surface area contributed by atoms with Crippen molar-refractivity contribution < 1.29 is 9.13 Å². The average Bonchev–Trinajstić information content (AvgIpc) is 3.01. The SMILES string of the molecule is CC(C1CCOC1)N1Cc2c(ccc(Br)c2F)S1. The standard InChI is InChI=1S/C13H15BrFNOS/c1-8(9-4-5-17-7-9)16-6-10-12(18-16)3-2-11(14)13(10)15/h2-3,8-9H,4-7H2,1H3. The molecule has 0 aliphatic carbocycles. The number of rotatable bonds is 2. The molecule has 2 atom stereocenters. The predicted molar refractivity (Wildman–Crippen MR) is 73.9 cm³/mol. The van der Waals surface area contributed by atoms with Crippen LogP contribution in [0, 0.1) is 11.7 Å². The maximum Gasteiger partial charge on any atom is 0.143 e. The smallest absolute Gasteiger partial charge is 0.143 e. The van der Waals surface area contributed by atoms with Crippen LogP contribution in [0.3, 0.4) is 0 Å². The molecule has 5 heteroatoms. The maximum atomic E-state index is 14.0. The van der Waals surface area contributed by atoms with Crippen LogP contribution in [0.5, 0.6) is 0 Å². The van der Waals surface area contributed by atoms with Gasteiger partial charge in [-0.2, -0.15) is 0 Å². The molecule has 1 fully saturated rings. The Morgan fingerprint density at radius 3 is 3.11 bits per heavy atom. The Morgan fingerprint density at radius 1 is 1.56 bits per heavy atom. The lowest BCUT2D eigenvalue weighted by atomic mass is 10.0. The van der Waals surface area contributed by atoms with E-state index in [0.717, 1.165) is 30.1 Å². The Balaban J connectivity index is 1.78. The lowest BCUT2D eigenvalue weighted by molar-refractivity contribution is 0.167. The maximum absolute atomic E-state index is 14.0. The minimum atomic E-state index is -0.114. The van der Waals surface area contributed by atoms with Crippen molar-refractivity contribution >= 4 is 27.9 Å². The molecule has 3 rings (SSSR count). The summed E-state index contributed by atoms with van der Waals surface area (Å²) in [4.78, 5) is 1.04. The first-order chi connectivity index (χ1) is 8.66. The molecule has 0 N–H and O–H groups in total. The Kier molecular flexibility index (Phi) is 3.67. The molecule has 0 spiro atoms. The highest BCUT2D eigenvalue weighted by molar-refractivity contribution is 9.10. The van der Waals surface area contributed by atoms with Crippen LogP contribution in [0.4, 0.5) is 4.39 Å². The summed E-state index contributed by atoms with van der Waals surface area (Å²) in [5.74, 6) is 0.454. The number of fused-ring (bicyclic) bond motifs is 1. The van der Waals surface area contributed by atoms with E-state index in [4.69, 9.17) is 4.74 Å². The van der Waals surface area contributed by atoms with Crippen molar-refractivity contribution in [3.63, 3.8) is 0 Å². The molecule has 1 saturated heterocycles. The molecule has 0 saturated carbocycles. The summed E-state index contributed by atoms with van der Waals surface area (Å²) in [5.41, 5.74) is 0.820. The van der Waals surface area contributed by atoms with Crippen LogP contribution in [0.2, 0.25) is 0 Å². The van der Waals surface area contributed by atoms with Crippen molar-refractivity contribution in [3.05, 3.63) is 28.0 Å². The number of hydrogen-bond acceptors (Lipinski definition) is 3. The largest absolute Gasteiger partial charge is 0.381 e. The molecule has 2 aliphatic rings. The van der Waals surface area contributed by atoms with Gasteiger partial charge in [-0.15, -0.1) is 0 Å². The van der Waals surface area contributed by atoms with Crippen molar-refractivity contribution in [2.75, 3.05) is 13.2 Å². The van der Waals surface area contributed by atoms with E-state index in [-0.39, 0.29) is 5.82 Å². The highest BCUT2D eigenvalue weighted by Gasteiger charge is 2.33. The van der Waals surface area contributed by atoms with Crippen molar-refractivity contribution in [3.8, 4) is 0 Å². The van der Waals surface area contributed by atoms with Gasteiger partial charge in [0.15, 0.2) is 0 Å². The van der Waals surface area contributed by atoms with Gasteiger partial charge in [0.1, 0.15) is 5.82 Å². The number of benzene rings is 1. The molecule has 2 unspecified atom stereocenters. The molecule has 0 radical (unpaired) electrons. The van der Waals surface area contributed by atoms with Crippen LogP contribution >= 0.6 is 27.9 Å². The molecule has 0 aromatic heterocycles. The first-order valence-electron chi connectivity index (χ1n) is 6.16. The fourth-order valence-corrected chi connectivity index (χ4v) is 4.07. The van der Waals surface area contributed by atoms with Gasteiger partial charge in [0, 0.05) is 35.6 Å². The molecular weight excluding hydrogens is 317 g/mol. The van der Waals surface area contributed by atoms with Gasteiger partial charge in [0.25, 0.3) is 0 Å². The molecule has 1 aromatic carbocycles. The fourth-order valence-electron chi connectivity index (χ4n) is 2.52. The Morgan fingerprint density at radius 2 is 2.39 bits per heavy atom. The molecule has 2 aliphatic heterocycles. The van der Waals surface area contributed by atoms with Gasteiger partial charge >= 0.3 is 0 Å². The van der Waals surface area contributed by atoms with E-state index in [1.807, 2.05) is 6.07 Å². The zero-order valence-corrected chi connectivity index (χ0v) is 12.6. The summed E-state index contributed by atoms with van der Waals surface area (Å²) in [5, 5.41) is 0. The third-order valence-corrected chi connectivity index (χ3v) is 5.67. The Labute approximate surface area is 119 Å². The number of ether oxygens (including phenoxy) is 1. The second-order valence-electron chi connectivity index (χ2n) is 4.87. The fraction of sp³-hybridized carbons (Fsp3) is 0.538. The van der Waals surface area contributed by atoms with E-state index in [1.165, 1.54) is 0 Å². The summed E-state index contributed by atoms with van der Waals surface area (Å²) in [7, 11) is 0. The lowest BCUT2D eigenvalue weighted by Crippen LogP contribution is -2.31.